The topological polar surface area (TPSA) is 63.1 Å². The molecule has 28 heavy (non-hydrogen) atoms. The van der Waals surface area contributed by atoms with E-state index in [4.69, 9.17) is 0 Å². The first-order chi connectivity index (χ1) is 13.7. The van der Waals surface area contributed by atoms with Crippen LogP contribution in [0.3, 0.4) is 0 Å². The molecular formula is C22H27N5O. The van der Waals surface area contributed by atoms with Crippen LogP contribution < -0.4 is 5.32 Å². The second-order valence-corrected chi connectivity index (χ2v) is 6.55. The highest BCUT2D eigenvalue weighted by molar-refractivity contribution is 5.80. The minimum Gasteiger partial charge on any atom is -0.354 e. The van der Waals surface area contributed by atoms with Crippen LogP contribution in [0, 0.1) is 0 Å². The normalized spacial score (nSPS) is 11.0. The molecule has 0 atom stereocenters. The summed E-state index contributed by atoms with van der Waals surface area (Å²) >= 11 is 0. The van der Waals surface area contributed by atoms with Gasteiger partial charge in [-0.25, -0.2) is 4.68 Å². The number of nitrogens with zero attached hydrogens (tertiary/aromatic N) is 4. The lowest BCUT2D eigenvalue weighted by Crippen LogP contribution is -2.35. The van der Waals surface area contributed by atoms with Crippen LogP contribution in [0.4, 0.5) is 0 Å². The van der Waals surface area contributed by atoms with E-state index in [1.54, 1.807) is 4.68 Å². The Bertz CT molecular complexity index is 872. The van der Waals surface area contributed by atoms with Gasteiger partial charge in [0.1, 0.15) is 5.69 Å². The number of hydrogen-bond acceptors (Lipinski definition) is 4. The zero-order chi connectivity index (χ0) is 19.8. The van der Waals surface area contributed by atoms with Crippen molar-refractivity contribution in [1.29, 1.82) is 0 Å². The molecule has 0 radical (unpaired) electrons. The molecule has 1 N–H and O–H groups in total. The van der Waals surface area contributed by atoms with Crippen LogP contribution in [-0.2, 0) is 11.2 Å². The van der Waals surface area contributed by atoms with Crippen LogP contribution >= 0.6 is 0 Å². The lowest BCUT2D eigenvalue weighted by Gasteiger charge is -2.17. The Morgan fingerprint density at radius 3 is 2.29 bits per heavy atom. The summed E-state index contributed by atoms with van der Waals surface area (Å²) in [4.78, 5) is 14.8. The van der Waals surface area contributed by atoms with Crippen molar-refractivity contribution in [3.05, 3.63) is 66.4 Å². The summed E-state index contributed by atoms with van der Waals surface area (Å²) in [6, 6.07) is 19.8. The summed E-state index contributed by atoms with van der Waals surface area (Å²) in [5.41, 5.74) is 3.44. The Morgan fingerprint density at radius 1 is 1.00 bits per heavy atom. The number of aromatic nitrogens is 3. The third-order valence-electron chi connectivity index (χ3n) is 4.76. The number of likely N-dealkylation sites (N-methyl/N-ethyl adjacent to an activating group) is 1. The molecule has 0 aliphatic carbocycles. The van der Waals surface area contributed by atoms with Gasteiger partial charge in [-0.05, 0) is 25.2 Å². The van der Waals surface area contributed by atoms with Gasteiger partial charge in [0.2, 0.25) is 5.91 Å². The lowest BCUT2D eigenvalue weighted by molar-refractivity contribution is -0.120. The molecule has 3 rings (SSSR count). The van der Waals surface area contributed by atoms with Crippen LogP contribution in [0.1, 0.15) is 19.5 Å². The molecule has 6 nitrogen and oxygen atoms in total. The van der Waals surface area contributed by atoms with Gasteiger partial charge in [0.25, 0.3) is 0 Å². The molecule has 0 saturated heterocycles. The molecule has 6 heteroatoms. The molecule has 1 aromatic heterocycles. The number of rotatable bonds is 9. The monoisotopic (exact) mass is 377 g/mol. The SMILES string of the molecule is CCN(CC)CCNC(=O)Cc1nnn(-c2ccccc2)c1-c1ccccc1. The molecule has 0 fully saturated rings. The first-order valence-corrected chi connectivity index (χ1v) is 9.77. The van der Waals surface area contributed by atoms with Crippen molar-refractivity contribution in [2.75, 3.05) is 26.2 Å². The minimum absolute atomic E-state index is 0.0375. The van der Waals surface area contributed by atoms with Crippen molar-refractivity contribution >= 4 is 5.91 Å². The van der Waals surface area contributed by atoms with Crippen molar-refractivity contribution < 1.29 is 4.79 Å². The molecule has 0 unspecified atom stereocenters. The maximum atomic E-state index is 12.5. The van der Waals surface area contributed by atoms with Crippen molar-refractivity contribution in [3.8, 4) is 16.9 Å². The lowest BCUT2D eigenvalue weighted by atomic mass is 10.1. The van der Waals surface area contributed by atoms with Crippen molar-refractivity contribution in [3.63, 3.8) is 0 Å². The summed E-state index contributed by atoms with van der Waals surface area (Å²) in [6.07, 6.45) is 0.204. The van der Waals surface area contributed by atoms with E-state index in [1.807, 2.05) is 60.7 Å². The molecule has 1 amide bonds. The van der Waals surface area contributed by atoms with Gasteiger partial charge in [-0.15, -0.1) is 5.10 Å². The number of hydrogen-bond donors (Lipinski definition) is 1. The van der Waals surface area contributed by atoms with Gasteiger partial charge in [0.05, 0.1) is 17.8 Å². The fraction of sp³-hybridized carbons (Fsp3) is 0.318. The fourth-order valence-corrected chi connectivity index (χ4v) is 3.17. The number of carbonyl (C=O) groups excluding carboxylic acids is 1. The number of nitrogens with one attached hydrogen (secondary N) is 1. The van der Waals surface area contributed by atoms with Crippen LogP contribution in [0.2, 0.25) is 0 Å². The highest BCUT2D eigenvalue weighted by Gasteiger charge is 2.18. The Hall–Kier alpha value is -2.99. The van der Waals surface area contributed by atoms with E-state index >= 15 is 0 Å². The summed E-state index contributed by atoms with van der Waals surface area (Å²) in [7, 11) is 0. The summed E-state index contributed by atoms with van der Waals surface area (Å²) < 4.78 is 1.80. The number of para-hydroxylation sites is 1. The van der Waals surface area contributed by atoms with Gasteiger partial charge in [-0.2, -0.15) is 0 Å². The number of benzene rings is 2. The van der Waals surface area contributed by atoms with E-state index in [9.17, 15) is 4.79 Å². The van der Waals surface area contributed by atoms with Crippen molar-refractivity contribution in [1.82, 2.24) is 25.2 Å². The van der Waals surface area contributed by atoms with Crippen LogP contribution in [-0.4, -0.2) is 52.0 Å². The molecule has 2 aromatic carbocycles. The smallest absolute Gasteiger partial charge is 0.226 e. The van der Waals surface area contributed by atoms with E-state index in [0.29, 0.717) is 12.2 Å². The largest absolute Gasteiger partial charge is 0.354 e. The van der Waals surface area contributed by atoms with E-state index in [-0.39, 0.29) is 12.3 Å². The van der Waals surface area contributed by atoms with Gasteiger partial charge in [0.15, 0.2) is 0 Å². The summed E-state index contributed by atoms with van der Waals surface area (Å²) in [6.45, 7) is 7.69. The average molecular weight is 377 g/mol. The predicted molar refractivity (Wildman–Crippen MR) is 111 cm³/mol. The molecule has 0 aliphatic rings. The molecule has 0 saturated carbocycles. The van der Waals surface area contributed by atoms with Crippen LogP contribution in [0.15, 0.2) is 60.7 Å². The highest BCUT2D eigenvalue weighted by atomic mass is 16.1. The van der Waals surface area contributed by atoms with E-state index in [0.717, 1.165) is 36.6 Å². The molecule has 0 aliphatic heterocycles. The number of carbonyl (C=O) groups is 1. The molecule has 3 aromatic rings. The number of amides is 1. The third-order valence-corrected chi connectivity index (χ3v) is 4.76. The second kappa shape index (κ2) is 9.80. The van der Waals surface area contributed by atoms with Gasteiger partial charge in [0, 0.05) is 18.7 Å². The molecular weight excluding hydrogens is 350 g/mol. The Balaban J connectivity index is 1.80. The predicted octanol–water partition coefficient (Wildman–Crippen LogP) is 2.93. The van der Waals surface area contributed by atoms with Crippen LogP contribution in [0.5, 0.6) is 0 Å². The fourth-order valence-electron chi connectivity index (χ4n) is 3.17. The molecule has 1 heterocycles. The Labute approximate surface area is 166 Å². The van der Waals surface area contributed by atoms with Crippen molar-refractivity contribution in [2.45, 2.75) is 20.3 Å². The van der Waals surface area contributed by atoms with Gasteiger partial charge < -0.3 is 10.2 Å². The zero-order valence-corrected chi connectivity index (χ0v) is 16.5. The van der Waals surface area contributed by atoms with Gasteiger partial charge in [-0.1, -0.05) is 67.6 Å². The molecule has 0 bridgehead atoms. The first kappa shape index (κ1) is 19.8. The summed E-state index contributed by atoms with van der Waals surface area (Å²) in [5, 5.41) is 11.7. The molecule has 0 spiro atoms. The van der Waals surface area contributed by atoms with E-state index < -0.39 is 0 Å². The maximum Gasteiger partial charge on any atom is 0.226 e. The van der Waals surface area contributed by atoms with Gasteiger partial charge >= 0.3 is 0 Å². The Kier molecular flexibility index (Phi) is 6.92. The zero-order valence-electron chi connectivity index (χ0n) is 16.5. The minimum atomic E-state index is -0.0375. The highest BCUT2D eigenvalue weighted by Crippen LogP contribution is 2.25. The average Bonchev–Trinajstić information content (AvgIpc) is 3.16. The maximum absolute atomic E-state index is 12.5. The van der Waals surface area contributed by atoms with Crippen molar-refractivity contribution in [2.24, 2.45) is 0 Å². The Morgan fingerprint density at radius 2 is 1.64 bits per heavy atom. The van der Waals surface area contributed by atoms with Gasteiger partial charge in [-0.3, -0.25) is 4.79 Å². The van der Waals surface area contributed by atoms with E-state index in [2.05, 4.69) is 34.4 Å². The quantitative estimate of drug-likeness (QED) is 0.623. The second-order valence-electron chi connectivity index (χ2n) is 6.55. The summed E-state index contributed by atoms with van der Waals surface area (Å²) in [5.74, 6) is -0.0375. The molecule has 146 valence electrons. The standard InChI is InChI=1S/C22H27N5O/c1-3-26(4-2)16-15-23-21(28)17-20-22(18-11-7-5-8-12-18)27(25-24-20)19-13-9-6-10-14-19/h5-14H,3-4,15-17H2,1-2H3,(H,23,28). The van der Waals surface area contributed by atoms with E-state index in [1.165, 1.54) is 0 Å². The van der Waals surface area contributed by atoms with Crippen LogP contribution in [0.25, 0.3) is 16.9 Å². The third kappa shape index (κ3) is 4.84. The first-order valence-electron chi connectivity index (χ1n) is 9.77.